The van der Waals surface area contributed by atoms with Crippen LogP contribution in [0.1, 0.15) is 51.9 Å². The van der Waals surface area contributed by atoms with Gasteiger partial charge in [0, 0.05) is 18.1 Å². The second-order valence-corrected chi connectivity index (χ2v) is 6.14. The molecule has 1 atom stereocenters. The van der Waals surface area contributed by atoms with E-state index in [0.29, 0.717) is 25.4 Å². The third-order valence-electron chi connectivity index (χ3n) is 5.22. The quantitative estimate of drug-likeness (QED) is 0.858. The molecule has 0 aromatic rings. The van der Waals surface area contributed by atoms with Gasteiger partial charge in [0.25, 0.3) is 0 Å². The Balaban J connectivity index is 2.05. The van der Waals surface area contributed by atoms with E-state index in [9.17, 15) is 13.2 Å². The third-order valence-corrected chi connectivity index (χ3v) is 5.22. The molecule has 1 saturated carbocycles. The molecule has 19 heavy (non-hydrogen) atoms. The van der Waals surface area contributed by atoms with Crippen LogP contribution >= 0.6 is 0 Å². The molecule has 0 amide bonds. The first-order valence-corrected chi connectivity index (χ1v) is 7.46. The molecule has 2 aliphatic rings. The first-order chi connectivity index (χ1) is 8.93. The van der Waals surface area contributed by atoms with Crippen molar-refractivity contribution in [3.05, 3.63) is 0 Å². The lowest BCUT2D eigenvalue weighted by Gasteiger charge is -2.48. The number of likely N-dealkylation sites (tertiary alicyclic amines) is 1. The van der Waals surface area contributed by atoms with Crippen LogP contribution in [0, 0.1) is 5.92 Å². The maximum atomic E-state index is 12.8. The van der Waals surface area contributed by atoms with Crippen molar-refractivity contribution in [2.75, 3.05) is 13.1 Å². The van der Waals surface area contributed by atoms with Gasteiger partial charge in [-0.25, -0.2) is 0 Å². The molecule has 112 valence electrons. The van der Waals surface area contributed by atoms with Crippen LogP contribution in [0.5, 0.6) is 0 Å². The van der Waals surface area contributed by atoms with Crippen LogP contribution < -0.4 is 5.73 Å². The van der Waals surface area contributed by atoms with Crippen LogP contribution in [0.15, 0.2) is 0 Å². The largest absolute Gasteiger partial charge is 0.391 e. The summed E-state index contributed by atoms with van der Waals surface area (Å²) in [7, 11) is 0. The fraction of sp³-hybridized carbons (Fsp3) is 1.00. The highest BCUT2D eigenvalue weighted by atomic mass is 19.4. The molecule has 5 heteroatoms. The van der Waals surface area contributed by atoms with Crippen molar-refractivity contribution < 1.29 is 13.2 Å². The molecule has 1 aliphatic carbocycles. The van der Waals surface area contributed by atoms with Gasteiger partial charge in [-0.1, -0.05) is 6.92 Å². The van der Waals surface area contributed by atoms with E-state index in [1.54, 1.807) is 0 Å². The van der Waals surface area contributed by atoms with Crippen LogP contribution in [0.3, 0.4) is 0 Å². The van der Waals surface area contributed by atoms with Crippen molar-refractivity contribution in [1.29, 1.82) is 0 Å². The van der Waals surface area contributed by atoms with Gasteiger partial charge in [-0.15, -0.1) is 0 Å². The fourth-order valence-corrected chi connectivity index (χ4v) is 3.98. The molecule has 0 spiro atoms. The molecule has 2 N–H and O–H groups in total. The van der Waals surface area contributed by atoms with Gasteiger partial charge in [-0.3, -0.25) is 4.90 Å². The van der Waals surface area contributed by atoms with Crippen LogP contribution in [-0.4, -0.2) is 35.7 Å². The molecule has 1 unspecified atom stereocenters. The molecule has 0 radical (unpaired) electrons. The molecule has 2 rings (SSSR count). The average molecular weight is 278 g/mol. The number of halogens is 3. The van der Waals surface area contributed by atoms with Gasteiger partial charge in [0.05, 0.1) is 5.92 Å². The van der Waals surface area contributed by atoms with Crippen LogP contribution in [-0.2, 0) is 0 Å². The average Bonchev–Trinajstić information content (AvgIpc) is 2.86. The summed E-state index contributed by atoms with van der Waals surface area (Å²) in [6.45, 7) is 3.66. The van der Waals surface area contributed by atoms with Crippen molar-refractivity contribution in [3.63, 3.8) is 0 Å². The van der Waals surface area contributed by atoms with Crippen molar-refractivity contribution in [3.8, 4) is 0 Å². The Labute approximate surface area is 113 Å². The lowest BCUT2D eigenvalue weighted by atomic mass is 9.74. The normalized spacial score (nSPS) is 37.7. The highest BCUT2D eigenvalue weighted by molar-refractivity contribution is 5.00. The first kappa shape index (κ1) is 15.1. The van der Waals surface area contributed by atoms with Gasteiger partial charge in [0.15, 0.2) is 0 Å². The molecule has 2 nitrogen and oxygen atoms in total. The molecule has 2 fully saturated rings. The lowest BCUT2D eigenvalue weighted by Crippen LogP contribution is -2.57. The number of nitrogens with zero attached hydrogens (tertiary/aromatic N) is 1. The zero-order chi connectivity index (χ0) is 14.1. The van der Waals surface area contributed by atoms with Crippen molar-refractivity contribution in [2.24, 2.45) is 11.7 Å². The smallest absolute Gasteiger partial charge is 0.329 e. The number of hydrogen-bond acceptors (Lipinski definition) is 2. The van der Waals surface area contributed by atoms with E-state index in [0.717, 1.165) is 19.4 Å². The zero-order valence-electron chi connectivity index (χ0n) is 11.7. The van der Waals surface area contributed by atoms with Gasteiger partial charge in [-0.2, -0.15) is 13.2 Å². The van der Waals surface area contributed by atoms with E-state index in [1.807, 2.05) is 0 Å². The van der Waals surface area contributed by atoms with Crippen molar-refractivity contribution in [2.45, 2.75) is 69.6 Å². The zero-order valence-corrected chi connectivity index (χ0v) is 11.7. The van der Waals surface area contributed by atoms with E-state index < -0.39 is 12.1 Å². The van der Waals surface area contributed by atoms with Crippen LogP contribution in [0.2, 0.25) is 0 Å². The number of nitrogens with two attached hydrogens (primary N) is 1. The van der Waals surface area contributed by atoms with Crippen LogP contribution in [0.25, 0.3) is 0 Å². The first-order valence-electron chi connectivity index (χ1n) is 7.46. The summed E-state index contributed by atoms with van der Waals surface area (Å²) in [5.41, 5.74) is 5.80. The van der Waals surface area contributed by atoms with E-state index in [1.165, 1.54) is 6.42 Å². The molecule has 0 aromatic heterocycles. The molecule has 0 bridgehead atoms. The molecule has 1 aliphatic heterocycles. The Hall–Kier alpha value is -0.290. The summed E-state index contributed by atoms with van der Waals surface area (Å²) >= 11 is 0. The number of alkyl halides is 3. The third kappa shape index (κ3) is 2.92. The molecule has 1 heterocycles. The lowest BCUT2D eigenvalue weighted by molar-refractivity contribution is -0.188. The SMILES string of the molecule is CCC1CCCN1C1(CN)CCC(C(F)(F)F)CC1. The number of rotatable bonds is 3. The van der Waals surface area contributed by atoms with E-state index in [4.69, 9.17) is 5.73 Å². The monoisotopic (exact) mass is 278 g/mol. The van der Waals surface area contributed by atoms with E-state index >= 15 is 0 Å². The topological polar surface area (TPSA) is 29.3 Å². The molecule has 1 saturated heterocycles. The van der Waals surface area contributed by atoms with Gasteiger partial charge >= 0.3 is 6.18 Å². The number of hydrogen-bond donors (Lipinski definition) is 1. The minimum absolute atomic E-state index is 0.168. The Morgan fingerprint density at radius 1 is 1.21 bits per heavy atom. The van der Waals surface area contributed by atoms with E-state index in [2.05, 4.69) is 11.8 Å². The predicted octanol–water partition coefficient (Wildman–Crippen LogP) is 3.31. The molecular weight excluding hydrogens is 253 g/mol. The maximum Gasteiger partial charge on any atom is 0.391 e. The predicted molar refractivity (Wildman–Crippen MR) is 69.8 cm³/mol. The Morgan fingerprint density at radius 2 is 1.84 bits per heavy atom. The van der Waals surface area contributed by atoms with Gasteiger partial charge < -0.3 is 5.73 Å². The second-order valence-electron chi connectivity index (χ2n) is 6.14. The summed E-state index contributed by atoms with van der Waals surface area (Å²) in [4.78, 5) is 2.43. The minimum Gasteiger partial charge on any atom is -0.329 e. The second kappa shape index (κ2) is 5.60. The Bertz CT molecular complexity index is 296. The Kier molecular flexibility index (Phi) is 4.45. The summed E-state index contributed by atoms with van der Waals surface area (Å²) in [6.07, 6.45) is 1.06. The summed E-state index contributed by atoms with van der Waals surface area (Å²) in [5, 5.41) is 0. The fourth-order valence-electron chi connectivity index (χ4n) is 3.98. The summed E-state index contributed by atoms with van der Waals surface area (Å²) in [6, 6.07) is 0.519. The van der Waals surface area contributed by atoms with Gasteiger partial charge in [0.1, 0.15) is 0 Å². The van der Waals surface area contributed by atoms with Crippen LogP contribution in [0.4, 0.5) is 13.2 Å². The Morgan fingerprint density at radius 3 is 2.32 bits per heavy atom. The highest BCUT2D eigenvalue weighted by Gasteiger charge is 2.49. The molecular formula is C14H25F3N2. The molecule has 0 aromatic carbocycles. The minimum atomic E-state index is -4.03. The van der Waals surface area contributed by atoms with Crippen molar-refractivity contribution in [1.82, 2.24) is 4.90 Å². The standard InChI is InChI=1S/C14H25F3N2/c1-2-12-4-3-9-19(12)13(10-18)7-5-11(6-8-13)14(15,16)17/h11-12H,2-10,18H2,1H3. The van der Waals surface area contributed by atoms with Crippen molar-refractivity contribution >= 4 is 0 Å². The van der Waals surface area contributed by atoms with Gasteiger partial charge in [0.2, 0.25) is 0 Å². The highest BCUT2D eigenvalue weighted by Crippen LogP contribution is 2.45. The summed E-state index contributed by atoms with van der Waals surface area (Å²) < 4.78 is 38.3. The summed E-state index contributed by atoms with van der Waals surface area (Å²) in [5.74, 6) is -1.12. The van der Waals surface area contributed by atoms with Gasteiger partial charge in [-0.05, 0) is 51.5 Å². The van der Waals surface area contributed by atoms with E-state index in [-0.39, 0.29) is 18.4 Å². The maximum absolute atomic E-state index is 12.8.